The van der Waals surface area contributed by atoms with Crippen LogP contribution in [0, 0.1) is 17.1 Å². The lowest BCUT2D eigenvalue weighted by Crippen LogP contribution is -2.32. The first-order valence-electron chi connectivity index (χ1n) is 11.0. The van der Waals surface area contributed by atoms with Crippen LogP contribution in [0.25, 0.3) is 0 Å². The van der Waals surface area contributed by atoms with E-state index in [4.69, 9.17) is 20.2 Å². The van der Waals surface area contributed by atoms with Gasteiger partial charge in [-0.25, -0.2) is 4.39 Å². The summed E-state index contributed by atoms with van der Waals surface area (Å²) < 4.78 is 19.8. The zero-order valence-electron chi connectivity index (χ0n) is 18.1. The van der Waals surface area contributed by atoms with Crippen molar-refractivity contribution in [1.82, 2.24) is 0 Å². The van der Waals surface area contributed by atoms with Crippen LogP contribution >= 0.6 is 0 Å². The van der Waals surface area contributed by atoms with Crippen molar-refractivity contribution in [2.45, 2.75) is 44.9 Å². The van der Waals surface area contributed by atoms with Gasteiger partial charge in [-0.2, -0.15) is 0 Å². The van der Waals surface area contributed by atoms with Gasteiger partial charge in [-0.15, -0.1) is 0 Å². The predicted octanol–water partition coefficient (Wildman–Crippen LogP) is 3.81. The van der Waals surface area contributed by atoms with Crippen molar-refractivity contribution < 1.29 is 24.0 Å². The summed E-state index contributed by atoms with van der Waals surface area (Å²) >= 11 is 0. The number of halogens is 1. The van der Waals surface area contributed by atoms with Crippen LogP contribution in [0.4, 0.5) is 4.39 Å². The Hall–Kier alpha value is -2.77. The van der Waals surface area contributed by atoms with Crippen molar-refractivity contribution in [2.75, 3.05) is 6.61 Å². The molecule has 3 rings (SSSR count). The highest BCUT2D eigenvalue weighted by Gasteiger charge is 2.21. The maximum atomic E-state index is 14.0. The van der Waals surface area contributed by atoms with Crippen molar-refractivity contribution in [2.24, 2.45) is 5.92 Å². The molecular formula is C25H29BFNO4. The van der Waals surface area contributed by atoms with E-state index in [9.17, 15) is 9.18 Å². The van der Waals surface area contributed by atoms with Crippen LogP contribution in [0.15, 0.2) is 65.8 Å². The molecule has 0 spiro atoms. The van der Waals surface area contributed by atoms with E-state index in [-0.39, 0.29) is 35.9 Å². The molecule has 1 atom stereocenters. The number of hydrogen-bond donors (Lipinski definition) is 3. The monoisotopic (exact) mass is 437 g/mol. The summed E-state index contributed by atoms with van der Waals surface area (Å²) in [6, 6.07) is 3.86. The summed E-state index contributed by atoms with van der Waals surface area (Å²) in [5.74, 6) is -0.714. The van der Waals surface area contributed by atoms with Crippen molar-refractivity contribution in [3.05, 3.63) is 71.6 Å². The summed E-state index contributed by atoms with van der Waals surface area (Å²) in [6.07, 6.45) is 17.1. The van der Waals surface area contributed by atoms with Gasteiger partial charge in [0.25, 0.3) is 0 Å². The molecule has 5 nitrogen and oxygen atoms in total. The van der Waals surface area contributed by atoms with E-state index >= 15 is 0 Å². The number of benzene rings is 1. The number of carbonyl (C=O) groups excluding carboxylic acids is 1. The molecule has 1 aromatic carbocycles. The third-order valence-corrected chi connectivity index (χ3v) is 5.69. The van der Waals surface area contributed by atoms with Gasteiger partial charge < -0.3 is 20.2 Å². The topological polar surface area (TPSA) is 90.6 Å². The molecule has 0 saturated carbocycles. The molecule has 0 aromatic heterocycles. The molecule has 168 valence electrons. The smallest absolute Gasteiger partial charge is 0.491 e. The minimum Gasteiger partial charge on any atom is -0.493 e. The molecular weight excluding hydrogens is 408 g/mol. The molecule has 0 unspecified atom stereocenters. The van der Waals surface area contributed by atoms with E-state index in [1.165, 1.54) is 12.1 Å². The Balaban J connectivity index is 1.63. The van der Waals surface area contributed by atoms with E-state index in [1.807, 2.05) is 18.2 Å². The highest BCUT2D eigenvalue weighted by Crippen LogP contribution is 2.23. The largest absolute Gasteiger partial charge is 0.493 e. The number of Topliss-reactive ketones (excluding diaryl/α,β-unsaturated/α-hetero) is 1. The predicted molar refractivity (Wildman–Crippen MR) is 125 cm³/mol. The number of allylic oxidation sites excluding steroid dienone is 8. The van der Waals surface area contributed by atoms with Gasteiger partial charge in [0.1, 0.15) is 11.6 Å². The van der Waals surface area contributed by atoms with Crippen LogP contribution in [0.5, 0.6) is 5.75 Å². The van der Waals surface area contributed by atoms with Crippen LogP contribution in [0.3, 0.4) is 0 Å². The number of ether oxygens (including phenoxy) is 1. The van der Waals surface area contributed by atoms with Gasteiger partial charge in [0.2, 0.25) is 0 Å². The molecule has 0 bridgehead atoms. The third-order valence-electron chi connectivity index (χ3n) is 5.69. The molecule has 0 aliphatic heterocycles. The first kappa shape index (κ1) is 23.9. The average molecular weight is 437 g/mol. The van der Waals surface area contributed by atoms with Crippen molar-refractivity contribution in [1.29, 1.82) is 5.41 Å². The number of hydrogen-bond acceptors (Lipinski definition) is 5. The lowest BCUT2D eigenvalue weighted by Gasteiger charge is -2.21. The molecule has 32 heavy (non-hydrogen) atoms. The molecule has 7 heteroatoms. The first-order valence-corrected chi connectivity index (χ1v) is 11.0. The molecule has 2 aliphatic carbocycles. The van der Waals surface area contributed by atoms with Crippen LogP contribution in [0.1, 0.15) is 44.9 Å². The Bertz CT molecular complexity index is 965. The van der Waals surface area contributed by atoms with Gasteiger partial charge in [0.05, 0.1) is 6.61 Å². The molecule has 1 aromatic rings. The maximum Gasteiger partial charge on any atom is 0.491 e. The molecule has 0 radical (unpaired) electrons. The van der Waals surface area contributed by atoms with Gasteiger partial charge in [0.15, 0.2) is 5.78 Å². The third kappa shape index (κ3) is 6.87. The van der Waals surface area contributed by atoms with E-state index in [1.54, 1.807) is 0 Å². The van der Waals surface area contributed by atoms with E-state index < -0.39 is 12.9 Å². The zero-order chi connectivity index (χ0) is 22.9. The molecule has 0 heterocycles. The van der Waals surface area contributed by atoms with Crippen LogP contribution in [-0.4, -0.2) is 35.3 Å². The molecule has 3 N–H and O–H groups in total. The van der Waals surface area contributed by atoms with Crippen LogP contribution < -0.4 is 10.2 Å². The Morgan fingerprint density at radius 2 is 1.84 bits per heavy atom. The fourth-order valence-corrected chi connectivity index (χ4v) is 3.81. The Labute approximate surface area is 188 Å². The summed E-state index contributed by atoms with van der Waals surface area (Å²) in [5, 5.41) is 26.9. The minimum atomic E-state index is -1.89. The maximum absolute atomic E-state index is 14.0. The Morgan fingerprint density at radius 1 is 1.09 bits per heavy atom. The van der Waals surface area contributed by atoms with E-state index in [0.717, 1.165) is 42.9 Å². The SMILES string of the molecule is N=C(CCC(=O)C1=CCCC=C1)[C@H](COc1ccc(B(O)O)c(F)c1)CC1=CCCC=C1. The van der Waals surface area contributed by atoms with E-state index in [0.29, 0.717) is 18.6 Å². The average Bonchev–Trinajstić information content (AvgIpc) is 2.81. The standard InChI is InChI=1S/C25H29BFNO4/c27-23-16-21(11-12-22(23)26(30)31)32-17-20(15-18-7-3-1-4-8-18)24(28)13-14-25(29)19-9-5-2-6-10-19/h3,5,7-12,16,20,28,30-31H,1-2,4,6,13-15,17H2/t20-/m0/s1. The number of rotatable bonds is 11. The second kappa shape index (κ2) is 11.7. The summed E-state index contributed by atoms with van der Waals surface area (Å²) in [5.41, 5.74) is 2.06. The second-order valence-electron chi connectivity index (χ2n) is 8.12. The highest BCUT2D eigenvalue weighted by atomic mass is 19.1. The molecule has 2 aliphatic rings. The lowest BCUT2D eigenvalue weighted by atomic mass is 9.80. The fourth-order valence-electron chi connectivity index (χ4n) is 3.81. The Morgan fingerprint density at radius 3 is 2.47 bits per heavy atom. The van der Waals surface area contributed by atoms with Crippen LogP contribution in [-0.2, 0) is 4.79 Å². The number of nitrogens with one attached hydrogen (secondary N) is 1. The van der Waals surface area contributed by atoms with Crippen molar-refractivity contribution in [3.63, 3.8) is 0 Å². The van der Waals surface area contributed by atoms with Gasteiger partial charge >= 0.3 is 7.12 Å². The second-order valence-corrected chi connectivity index (χ2v) is 8.12. The van der Waals surface area contributed by atoms with Gasteiger partial charge in [-0.3, -0.25) is 4.79 Å². The number of carbonyl (C=O) groups is 1. The minimum absolute atomic E-state index is 0.0439. The van der Waals surface area contributed by atoms with Crippen molar-refractivity contribution >= 4 is 24.1 Å². The highest BCUT2D eigenvalue weighted by molar-refractivity contribution is 6.58. The quantitative estimate of drug-likeness (QED) is 0.363. The number of ketones is 1. The van der Waals surface area contributed by atoms with Gasteiger partial charge in [0, 0.05) is 35.2 Å². The summed E-state index contributed by atoms with van der Waals surface area (Å²) in [7, 11) is -1.89. The molecule has 0 fully saturated rings. The van der Waals surface area contributed by atoms with Gasteiger partial charge in [-0.05, 0) is 44.6 Å². The zero-order valence-corrected chi connectivity index (χ0v) is 18.1. The first-order chi connectivity index (χ1) is 15.4. The van der Waals surface area contributed by atoms with Crippen LogP contribution in [0.2, 0.25) is 0 Å². The summed E-state index contributed by atoms with van der Waals surface area (Å²) in [4.78, 5) is 12.5. The Kier molecular flexibility index (Phi) is 8.76. The fraction of sp³-hybridized carbons (Fsp3) is 0.360. The van der Waals surface area contributed by atoms with E-state index in [2.05, 4.69) is 18.2 Å². The summed E-state index contributed by atoms with van der Waals surface area (Å²) in [6.45, 7) is 0.168. The molecule has 0 amide bonds. The molecule has 0 saturated heterocycles. The lowest BCUT2D eigenvalue weighted by molar-refractivity contribution is -0.115. The van der Waals surface area contributed by atoms with Gasteiger partial charge in [-0.1, -0.05) is 48.1 Å². The van der Waals surface area contributed by atoms with Crippen molar-refractivity contribution in [3.8, 4) is 5.75 Å². The normalized spacial score (nSPS) is 16.2.